The van der Waals surface area contributed by atoms with Crippen molar-refractivity contribution in [3.05, 3.63) is 69.8 Å². The van der Waals surface area contributed by atoms with E-state index in [0.717, 1.165) is 11.1 Å². The Morgan fingerprint density at radius 2 is 1.38 bits per heavy atom. The zero-order chi connectivity index (χ0) is 15.6. The second-order valence-electron chi connectivity index (χ2n) is 5.09. The molecule has 4 nitrogen and oxygen atoms in total. The van der Waals surface area contributed by atoms with E-state index >= 15 is 0 Å². The average molecular weight is 284 g/mol. The number of carboxylic acids is 2. The summed E-state index contributed by atoms with van der Waals surface area (Å²) in [6.45, 7) is 4.05. The van der Waals surface area contributed by atoms with Crippen molar-refractivity contribution in [2.75, 3.05) is 0 Å². The Kier molecular flexibility index (Phi) is 4.08. The number of aromatic carboxylic acids is 2. The molecule has 108 valence electrons. The lowest BCUT2D eigenvalue weighted by Crippen LogP contribution is -2.08. The standard InChI is InChI=1S/C17H16O4/c1-10-3-4-12(7-11(10)2)8-13-5-6-14(16(18)19)15(9-13)17(20)21/h3-7,9H,8H2,1-2H3,(H,18,19)(H,20,21). The third-order valence-corrected chi connectivity index (χ3v) is 3.52. The summed E-state index contributed by atoms with van der Waals surface area (Å²) in [6.07, 6.45) is 0.571. The topological polar surface area (TPSA) is 74.6 Å². The Bertz CT molecular complexity index is 717. The maximum absolute atomic E-state index is 11.2. The summed E-state index contributed by atoms with van der Waals surface area (Å²) < 4.78 is 0. The summed E-state index contributed by atoms with van der Waals surface area (Å²) >= 11 is 0. The van der Waals surface area contributed by atoms with Crippen molar-refractivity contribution >= 4 is 11.9 Å². The molecule has 21 heavy (non-hydrogen) atoms. The van der Waals surface area contributed by atoms with Crippen molar-refractivity contribution in [2.24, 2.45) is 0 Å². The molecule has 0 aliphatic rings. The Balaban J connectivity index is 2.36. The Morgan fingerprint density at radius 1 is 0.810 bits per heavy atom. The van der Waals surface area contributed by atoms with Crippen LogP contribution in [-0.2, 0) is 6.42 Å². The zero-order valence-electron chi connectivity index (χ0n) is 11.9. The van der Waals surface area contributed by atoms with Gasteiger partial charge in [-0.15, -0.1) is 0 Å². The number of aryl methyl sites for hydroxylation is 2. The Morgan fingerprint density at radius 3 is 1.95 bits per heavy atom. The molecule has 0 unspecified atom stereocenters. The SMILES string of the molecule is Cc1ccc(Cc2ccc(C(=O)O)c(C(=O)O)c2)cc1C. The van der Waals surface area contributed by atoms with E-state index in [1.165, 1.54) is 23.3 Å². The molecule has 0 saturated heterocycles. The average Bonchev–Trinajstić information content (AvgIpc) is 2.42. The highest BCUT2D eigenvalue weighted by Gasteiger charge is 2.16. The van der Waals surface area contributed by atoms with E-state index in [0.29, 0.717) is 6.42 Å². The minimum absolute atomic E-state index is 0.177. The number of rotatable bonds is 4. The van der Waals surface area contributed by atoms with Crippen molar-refractivity contribution in [3.8, 4) is 0 Å². The van der Waals surface area contributed by atoms with Gasteiger partial charge in [-0.1, -0.05) is 24.3 Å². The predicted octanol–water partition coefficient (Wildman–Crippen LogP) is 3.29. The zero-order valence-corrected chi connectivity index (χ0v) is 11.9. The molecule has 0 aliphatic heterocycles. The molecular formula is C17H16O4. The van der Waals surface area contributed by atoms with E-state index in [4.69, 9.17) is 10.2 Å². The molecule has 2 aromatic carbocycles. The van der Waals surface area contributed by atoms with Crippen molar-refractivity contribution in [1.29, 1.82) is 0 Å². The van der Waals surface area contributed by atoms with Gasteiger partial charge in [-0.3, -0.25) is 0 Å². The van der Waals surface area contributed by atoms with E-state index in [1.54, 1.807) is 6.07 Å². The van der Waals surface area contributed by atoms with Gasteiger partial charge in [0, 0.05) is 0 Å². The lowest BCUT2D eigenvalue weighted by molar-refractivity contribution is 0.0651. The fourth-order valence-electron chi connectivity index (χ4n) is 2.21. The molecule has 2 rings (SSSR count). The molecule has 0 spiro atoms. The molecule has 0 heterocycles. The first-order chi connectivity index (χ1) is 9.88. The van der Waals surface area contributed by atoms with Crippen molar-refractivity contribution in [1.82, 2.24) is 0 Å². The van der Waals surface area contributed by atoms with Gasteiger partial charge in [0.15, 0.2) is 0 Å². The smallest absolute Gasteiger partial charge is 0.336 e. The van der Waals surface area contributed by atoms with Crippen LogP contribution < -0.4 is 0 Å². The molecule has 0 aliphatic carbocycles. The predicted molar refractivity (Wildman–Crippen MR) is 79.1 cm³/mol. The van der Waals surface area contributed by atoms with Gasteiger partial charge in [0.05, 0.1) is 11.1 Å². The highest BCUT2D eigenvalue weighted by Crippen LogP contribution is 2.18. The summed E-state index contributed by atoms with van der Waals surface area (Å²) in [6, 6.07) is 10.5. The summed E-state index contributed by atoms with van der Waals surface area (Å²) in [4.78, 5) is 22.2. The molecule has 0 bridgehead atoms. The molecule has 0 aromatic heterocycles. The maximum Gasteiger partial charge on any atom is 0.336 e. The van der Waals surface area contributed by atoms with Gasteiger partial charge < -0.3 is 10.2 Å². The third kappa shape index (κ3) is 3.28. The van der Waals surface area contributed by atoms with Gasteiger partial charge in [-0.2, -0.15) is 0 Å². The first-order valence-electron chi connectivity index (χ1n) is 6.54. The van der Waals surface area contributed by atoms with Crippen LogP contribution in [-0.4, -0.2) is 22.2 Å². The van der Waals surface area contributed by atoms with Crippen LogP contribution in [0.1, 0.15) is 43.0 Å². The van der Waals surface area contributed by atoms with Gasteiger partial charge in [0.2, 0.25) is 0 Å². The lowest BCUT2D eigenvalue weighted by Gasteiger charge is -2.08. The molecule has 0 atom stereocenters. The second-order valence-corrected chi connectivity index (χ2v) is 5.09. The molecule has 0 fully saturated rings. The molecule has 0 amide bonds. The number of hydrogen-bond acceptors (Lipinski definition) is 2. The molecular weight excluding hydrogens is 268 g/mol. The molecule has 2 aromatic rings. The van der Waals surface area contributed by atoms with Crippen LogP contribution in [0, 0.1) is 13.8 Å². The number of hydrogen-bond donors (Lipinski definition) is 2. The number of carbonyl (C=O) groups is 2. The van der Waals surface area contributed by atoms with Gasteiger partial charge in [-0.25, -0.2) is 9.59 Å². The van der Waals surface area contributed by atoms with E-state index < -0.39 is 11.9 Å². The Hall–Kier alpha value is -2.62. The van der Waals surface area contributed by atoms with Gasteiger partial charge in [-0.05, 0) is 54.7 Å². The van der Waals surface area contributed by atoms with Gasteiger partial charge in [0.25, 0.3) is 0 Å². The van der Waals surface area contributed by atoms with Crippen LogP contribution in [0.3, 0.4) is 0 Å². The van der Waals surface area contributed by atoms with Gasteiger partial charge >= 0.3 is 11.9 Å². The normalized spacial score (nSPS) is 10.4. The summed E-state index contributed by atoms with van der Waals surface area (Å²) in [5.74, 6) is -2.46. The van der Waals surface area contributed by atoms with Crippen LogP contribution in [0.2, 0.25) is 0 Å². The second kappa shape index (κ2) is 5.79. The van der Waals surface area contributed by atoms with E-state index in [2.05, 4.69) is 6.07 Å². The summed E-state index contributed by atoms with van der Waals surface area (Å²) in [7, 11) is 0. The summed E-state index contributed by atoms with van der Waals surface area (Å²) in [5.41, 5.74) is 3.85. The Labute approximate surface area is 122 Å². The van der Waals surface area contributed by atoms with Crippen molar-refractivity contribution in [3.63, 3.8) is 0 Å². The van der Waals surface area contributed by atoms with E-state index in [9.17, 15) is 9.59 Å². The third-order valence-electron chi connectivity index (χ3n) is 3.52. The first kappa shape index (κ1) is 14.8. The number of carboxylic acid groups (broad SMARTS) is 2. The first-order valence-corrected chi connectivity index (χ1v) is 6.54. The lowest BCUT2D eigenvalue weighted by atomic mass is 9.97. The molecule has 4 heteroatoms. The highest BCUT2D eigenvalue weighted by molar-refractivity contribution is 6.01. The highest BCUT2D eigenvalue weighted by atomic mass is 16.4. The van der Waals surface area contributed by atoms with Gasteiger partial charge in [0.1, 0.15) is 0 Å². The minimum Gasteiger partial charge on any atom is -0.478 e. The molecule has 0 saturated carbocycles. The maximum atomic E-state index is 11.2. The monoisotopic (exact) mass is 284 g/mol. The quantitative estimate of drug-likeness (QED) is 0.903. The largest absolute Gasteiger partial charge is 0.478 e. The minimum atomic E-state index is -1.23. The van der Waals surface area contributed by atoms with Crippen LogP contribution in [0.15, 0.2) is 36.4 Å². The summed E-state index contributed by atoms with van der Waals surface area (Å²) in [5, 5.41) is 18.1. The van der Waals surface area contributed by atoms with Crippen LogP contribution in [0.4, 0.5) is 0 Å². The number of benzene rings is 2. The van der Waals surface area contributed by atoms with E-state index in [1.807, 2.05) is 26.0 Å². The van der Waals surface area contributed by atoms with Crippen LogP contribution >= 0.6 is 0 Å². The van der Waals surface area contributed by atoms with Crippen LogP contribution in [0.5, 0.6) is 0 Å². The van der Waals surface area contributed by atoms with E-state index in [-0.39, 0.29) is 11.1 Å². The van der Waals surface area contributed by atoms with Crippen molar-refractivity contribution < 1.29 is 19.8 Å². The molecule has 0 radical (unpaired) electrons. The molecule has 2 N–H and O–H groups in total. The fraction of sp³-hybridized carbons (Fsp3) is 0.176. The fourth-order valence-corrected chi connectivity index (χ4v) is 2.21. The van der Waals surface area contributed by atoms with Crippen LogP contribution in [0.25, 0.3) is 0 Å². The van der Waals surface area contributed by atoms with Crippen molar-refractivity contribution in [2.45, 2.75) is 20.3 Å².